The van der Waals surface area contributed by atoms with Crippen LogP contribution in [0.1, 0.15) is 11.1 Å². The minimum atomic E-state index is -0.0144. The summed E-state index contributed by atoms with van der Waals surface area (Å²) in [5, 5.41) is 2.94. The van der Waals surface area contributed by atoms with Crippen molar-refractivity contribution in [2.24, 2.45) is 0 Å². The van der Waals surface area contributed by atoms with E-state index < -0.39 is 0 Å². The number of hydrogen-bond donors (Lipinski definition) is 1. The molecule has 104 valence electrons. The molecule has 2 aromatic rings. The molecule has 2 rings (SSSR count). The third kappa shape index (κ3) is 3.96. The number of nitrogens with one attached hydrogen (secondary N) is 1. The van der Waals surface area contributed by atoms with E-state index in [-0.39, 0.29) is 5.91 Å². The summed E-state index contributed by atoms with van der Waals surface area (Å²) in [6.45, 7) is 1.99. The SMILES string of the molecule is COc1ccc(CC(=O)Nc2ccc(I)cc2C)cc1. The highest BCUT2D eigenvalue weighted by molar-refractivity contribution is 14.1. The average molecular weight is 381 g/mol. The first-order valence-corrected chi connectivity index (χ1v) is 7.35. The maximum Gasteiger partial charge on any atom is 0.228 e. The summed E-state index contributed by atoms with van der Waals surface area (Å²) in [5.41, 5.74) is 2.90. The highest BCUT2D eigenvalue weighted by atomic mass is 127. The molecule has 3 nitrogen and oxygen atoms in total. The molecule has 0 saturated heterocycles. The molecule has 0 aliphatic rings. The summed E-state index contributed by atoms with van der Waals surface area (Å²) >= 11 is 2.26. The van der Waals surface area contributed by atoms with Crippen molar-refractivity contribution in [3.63, 3.8) is 0 Å². The Morgan fingerprint density at radius 1 is 1.20 bits per heavy atom. The highest BCUT2D eigenvalue weighted by Crippen LogP contribution is 2.18. The maximum absolute atomic E-state index is 12.0. The predicted molar refractivity (Wildman–Crippen MR) is 89.2 cm³/mol. The van der Waals surface area contributed by atoms with Gasteiger partial charge in [0.1, 0.15) is 5.75 Å². The predicted octanol–water partition coefficient (Wildman–Crippen LogP) is 3.79. The summed E-state index contributed by atoms with van der Waals surface area (Å²) < 4.78 is 6.26. The maximum atomic E-state index is 12.0. The van der Waals surface area contributed by atoms with Crippen LogP contribution in [0.25, 0.3) is 0 Å². The number of anilines is 1. The summed E-state index contributed by atoms with van der Waals surface area (Å²) in [6.07, 6.45) is 0.357. The van der Waals surface area contributed by atoms with Crippen molar-refractivity contribution < 1.29 is 9.53 Å². The molecule has 4 heteroatoms. The van der Waals surface area contributed by atoms with Gasteiger partial charge in [-0.05, 0) is 71.0 Å². The van der Waals surface area contributed by atoms with Gasteiger partial charge in [-0.3, -0.25) is 4.79 Å². The lowest BCUT2D eigenvalue weighted by atomic mass is 10.1. The molecule has 0 bridgehead atoms. The van der Waals surface area contributed by atoms with E-state index >= 15 is 0 Å². The molecule has 0 aromatic heterocycles. The molecule has 0 aliphatic heterocycles. The monoisotopic (exact) mass is 381 g/mol. The van der Waals surface area contributed by atoms with Gasteiger partial charge in [0, 0.05) is 9.26 Å². The van der Waals surface area contributed by atoms with E-state index in [9.17, 15) is 4.79 Å². The Morgan fingerprint density at radius 2 is 1.90 bits per heavy atom. The smallest absolute Gasteiger partial charge is 0.228 e. The van der Waals surface area contributed by atoms with Gasteiger partial charge in [-0.15, -0.1) is 0 Å². The van der Waals surface area contributed by atoms with Gasteiger partial charge in [-0.25, -0.2) is 0 Å². The lowest BCUT2D eigenvalue weighted by Gasteiger charge is -2.09. The highest BCUT2D eigenvalue weighted by Gasteiger charge is 2.06. The van der Waals surface area contributed by atoms with Gasteiger partial charge in [-0.2, -0.15) is 0 Å². The number of halogens is 1. The van der Waals surface area contributed by atoms with Crippen LogP contribution in [-0.4, -0.2) is 13.0 Å². The third-order valence-corrected chi connectivity index (χ3v) is 3.66. The number of hydrogen-bond acceptors (Lipinski definition) is 2. The van der Waals surface area contributed by atoms with E-state index in [0.29, 0.717) is 6.42 Å². The fraction of sp³-hybridized carbons (Fsp3) is 0.188. The number of carbonyl (C=O) groups is 1. The molecule has 20 heavy (non-hydrogen) atoms. The first-order chi connectivity index (χ1) is 9.58. The number of rotatable bonds is 4. The van der Waals surface area contributed by atoms with E-state index in [1.165, 1.54) is 0 Å². The van der Waals surface area contributed by atoms with Crippen molar-refractivity contribution >= 4 is 34.2 Å². The standard InChI is InChI=1S/C16H16INO2/c1-11-9-13(17)5-8-15(11)18-16(19)10-12-3-6-14(20-2)7-4-12/h3-9H,10H2,1-2H3,(H,18,19). The molecule has 0 unspecified atom stereocenters. The Kier molecular flexibility index (Phi) is 5.00. The number of methoxy groups -OCH3 is 1. The van der Waals surface area contributed by atoms with Gasteiger partial charge in [0.2, 0.25) is 5.91 Å². The van der Waals surface area contributed by atoms with Crippen molar-refractivity contribution in [2.75, 3.05) is 12.4 Å². The first kappa shape index (κ1) is 14.8. The van der Waals surface area contributed by atoms with Crippen LogP contribution in [0, 0.1) is 10.5 Å². The zero-order valence-corrected chi connectivity index (χ0v) is 13.6. The van der Waals surface area contributed by atoms with Crippen LogP contribution in [0.2, 0.25) is 0 Å². The number of aryl methyl sites for hydroxylation is 1. The molecule has 2 aromatic carbocycles. The van der Waals surface area contributed by atoms with Gasteiger partial charge >= 0.3 is 0 Å². The van der Waals surface area contributed by atoms with E-state index in [1.807, 2.05) is 49.4 Å². The normalized spacial score (nSPS) is 10.2. The second-order valence-corrected chi connectivity index (χ2v) is 5.78. The fourth-order valence-corrected chi connectivity index (χ4v) is 2.54. The largest absolute Gasteiger partial charge is 0.497 e. The summed E-state index contributed by atoms with van der Waals surface area (Å²) in [6, 6.07) is 13.5. The zero-order chi connectivity index (χ0) is 14.5. The topological polar surface area (TPSA) is 38.3 Å². The average Bonchev–Trinajstić information content (AvgIpc) is 2.43. The van der Waals surface area contributed by atoms with Gasteiger partial charge in [0.25, 0.3) is 0 Å². The zero-order valence-electron chi connectivity index (χ0n) is 11.4. The summed E-state index contributed by atoms with van der Waals surface area (Å²) in [5.74, 6) is 0.780. The quantitative estimate of drug-likeness (QED) is 0.819. The van der Waals surface area contributed by atoms with Gasteiger partial charge < -0.3 is 10.1 Å². The summed E-state index contributed by atoms with van der Waals surface area (Å²) in [7, 11) is 1.63. The third-order valence-electron chi connectivity index (χ3n) is 2.99. The van der Waals surface area contributed by atoms with Crippen molar-refractivity contribution in [3.05, 3.63) is 57.2 Å². The Bertz CT molecular complexity index is 608. The van der Waals surface area contributed by atoms with Crippen molar-refractivity contribution in [2.45, 2.75) is 13.3 Å². The molecule has 1 N–H and O–H groups in total. The number of amides is 1. The number of benzene rings is 2. The second kappa shape index (κ2) is 6.74. The van der Waals surface area contributed by atoms with Crippen LogP contribution in [0.5, 0.6) is 5.75 Å². The molecule has 0 spiro atoms. The van der Waals surface area contributed by atoms with E-state index in [0.717, 1.165) is 26.1 Å². The molecule has 0 heterocycles. The van der Waals surface area contributed by atoms with Crippen molar-refractivity contribution in [1.29, 1.82) is 0 Å². The lowest BCUT2D eigenvalue weighted by Crippen LogP contribution is -2.15. The van der Waals surface area contributed by atoms with Crippen LogP contribution in [0.15, 0.2) is 42.5 Å². The first-order valence-electron chi connectivity index (χ1n) is 6.27. The second-order valence-electron chi connectivity index (χ2n) is 4.53. The van der Waals surface area contributed by atoms with Crippen LogP contribution < -0.4 is 10.1 Å². The Hall–Kier alpha value is -1.56. The van der Waals surface area contributed by atoms with E-state index in [4.69, 9.17) is 4.74 Å². The molecule has 0 fully saturated rings. The number of ether oxygens (including phenoxy) is 1. The molecule has 0 atom stereocenters. The van der Waals surface area contributed by atoms with Gasteiger partial charge in [0.15, 0.2) is 0 Å². The van der Waals surface area contributed by atoms with Crippen LogP contribution >= 0.6 is 22.6 Å². The van der Waals surface area contributed by atoms with Crippen LogP contribution in [0.4, 0.5) is 5.69 Å². The Balaban J connectivity index is 2.01. The molecule has 1 amide bonds. The minimum Gasteiger partial charge on any atom is -0.497 e. The Labute approximate surface area is 132 Å². The lowest BCUT2D eigenvalue weighted by molar-refractivity contribution is -0.115. The molecular weight excluding hydrogens is 365 g/mol. The molecule has 0 radical (unpaired) electrons. The minimum absolute atomic E-state index is 0.0144. The van der Waals surface area contributed by atoms with Crippen LogP contribution in [0.3, 0.4) is 0 Å². The molecule has 0 saturated carbocycles. The molecular formula is C16H16INO2. The number of carbonyl (C=O) groups excluding carboxylic acids is 1. The van der Waals surface area contributed by atoms with Crippen molar-refractivity contribution in [3.8, 4) is 5.75 Å². The molecule has 0 aliphatic carbocycles. The van der Waals surface area contributed by atoms with Gasteiger partial charge in [0.05, 0.1) is 13.5 Å². The summed E-state index contributed by atoms with van der Waals surface area (Å²) in [4.78, 5) is 12.0. The van der Waals surface area contributed by atoms with Crippen LogP contribution in [-0.2, 0) is 11.2 Å². The Morgan fingerprint density at radius 3 is 2.50 bits per heavy atom. The van der Waals surface area contributed by atoms with Gasteiger partial charge in [-0.1, -0.05) is 12.1 Å². The fourth-order valence-electron chi connectivity index (χ4n) is 1.89. The van der Waals surface area contributed by atoms with E-state index in [2.05, 4.69) is 27.9 Å². The van der Waals surface area contributed by atoms with E-state index in [1.54, 1.807) is 7.11 Å². The van der Waals surface area contributed by atoms with Crippen molar-refractivity contribution in [1.82, 2.24) is 0 Å².